The fourth-order valence-corrected chi connectivity index (χ4v) is 3.69. The van der Waals surface area contributed by atoms with Crippen LogP contribution in [0.4, 0.5) is 5.69 Å². The fraction of sp³-hybridized carbons (Fsp3) is 0.316. The molecule has 1 aliphatic carbocycles. The number of rotatable bonds is 5. The summed E-state index contributed by atoms with van der Waals surface area (Å²) < 4.78 is 0. The maximum absolute atomic E-state index is 12.1. The van der Waals surface area contributed by atoms with Gasteiger partial charge in [-0.05, 0) is 55.0 Å². The highest BCUT2D eigenvalue weighted by atomic mass is 32.2. The number of carbonyl (C=O) groups excluding carboxylic acids is 1. The van der Waals surface area contributed by atoms with Crippen LogP contribution in [-0.4, -0.2) is 11.7 Å². The minimum Gasteiger partial charge on any atom is -0.325 e. The Morgan fingerprint density at radius 1 is 1.14 bits per heavy atom. The van der Waals surface area contributed by atoms with Crippen molar-refractivity contribution in [1.29, 1.82) is 0 Å². The van der Waals surface area contributed by atoms with Gasteiger partial charge in [-0.1, -0.05) is 36.4 Å². The molecule has 2 nitrogen and oxygen atoms in total. The molecule has 1 atom stereocenters. The molecule has 3 rings (SSSR count). The smallest absolute Gasteiger partial charge is 0.234 e. The highest BCUT2D eigenvalue weighted by Crippen LogP contribution is 2.28. The molecule has 1 aliphatic rings. The zero-order valence-electron chi connectivity index (χ0n) is 12.8. The summed E-state index contributed by atoms with van der Waals surface area (Å²) in [4.78, 5) is 12.1. The SMILES string of the molecule is CC(SCC(=O)Nc1ccc2c(c1)CCC2)c1ccccc1. The summed E-state index contributed by atoms with van der Waals surface area (Å²) in [5.41, 5.74) is 5.02. The van der Waals surface area contributed by atoms with Gasteiger partial charge < -0.3 is 5.32 Å². The Bertz CT molecular complexity index is 654. The molecule has 3 heteroatoms. The van der Waals surface area contributed by atoms with Crippen LogP contribution in [0.25, 0.3) is 0 Å². The van der Waals surface area contributed by atoms with Gasteiger partial charge >= 0.3 is 0 Å². The lowest BCUT2D eigenvalue weighted by atomic mass is 10.1. The maximum atomic E-state index is 12.1. The summed E-state index contributed by atoms with van der Waals surface area (Å²) in [6.45, 7) is 2.14. The highest BCUT2D eigenvalue weighted by molar-refractivity contribution is 8.00. The largest absolute Gasteiger partial charge is 0.325 e. The molecule has 114 valence electrons. The van der Waals surface area contributed by atoms with Crippen molar-refractivity contribution in [3.05, 3.63) is 65.2 Å². The van der Waals surface area contributed by atoms with E-state index in [1.54, 1.807) is 11.8 Å². The van der Waals surface area contributed by atoms with Crippen LogP contribution in [-0.2, 0) is 17.6 Å². The van der Waals surface area contributed by atoms with Gasteiger partial charge in [-0.15, -0.1) is 11.8 Å². The summed E-state index contributed by atoms with van der Waals surface area (Å²) >= 11 is 1.67. The number of nitrogens with one attached hydrogen (secondary N) is 1. The number of amides is 1. The van der Waals surface area contributed by atoms with E-state index in [-0.39, 0.29) is 5.91 Å². The lowest BCUT2D eigenvalue weighted by molar-refractivity contribution is -0.113. The zero-order valence-corrected chi connectivity index (χ0v) is 13.7. The van der Waals surface area contributed by atoms with Crippen molar-refractivity contribution in [1.82, 2.24) is 0 Å². The second kappa shape index (κ2) is 7.01. The van der Waals surface area contributed by atoms with E-state index in [1.165, 1.54) is 29.5 Å². The van der Waals surface area contributed by atoms with Crippen LogP contribution in [0.1, 0.15) is 35.3 Å². The van der Waals surface area contributed by atoms with Crippen molar-refractivity contribution in [2.24, 2.45) is 0 Å². The van der Waals surface area contributed by atoms with Crippen LogP contribution in [0.3, 0.4) is 0 Å². The number of carbonyl (C=O) groups is 1. The van der Waals surface area contributed by atoms with E-state index in [0.717, 1.165) is 12.1 Å². The third kappa shape index (κ3) is 3.72. The number of fused-ring (bicyclic) bond motifs is 1. The summed E-state index contributed by atoms with van der Waals surface area (Å²) in [7, 11) is 0. The number of anilines is 1. The van der Waals surface area contributed by atoms with Gasteiger partial charge in [0.05, 0.1) is 5.75 Å². The van der Waals surface area contributed by atoms with E-state index in [2.05, 4.69) is 36.5 Å². The summed E-state index contributed by atoms with van der Waals surface area (Å²) in [5, 5.41) is 3.34. The van der Waals surface area contributed by atoms with Gasteiger partial charge in [0.15, 0.2) is 0 Å². The van der Waals surface area contributed by atoms with Crippen LogP contribution in [0.2, 0.25) is 0 Å². The Hall–Kier alpha value is -1.74. The number of hydrogen-bond acceptors (Lipinski definition) is 2. The Morgan fingerprint density at radius 2 is 1.91 bits per heavy atom. The molecule has 0 spiro atoms. The summed E-state index contributed by atoms with van der Waals surface area (Å²) in [6, 6.07) is 16.6. The van der Waals surface area contributed by atoms with Crippen molar-refractivity contribution in [3.8, 4) is 0 Å². The topological polar surface area (TPSA) is 29.1 Å². The Balaban J connectivity index is 1.52. The Kier molecular flexibility index (Phi) is 4.84. The second-order valence-corrected chi connectivity index (χ2v) is 7.08. The van der Waals surface area contributed by atoms with Crippen molar-refractivity contribution in [2.75, 3.05) is 11.1 Å². The molecule has 0 aromatic heterocycles. The molecule has 1 unspecified atom stereocenters. The average Bonchev–Trinajstić information content (AvgIpc) is 3.01. The van der Waals surface area contributed by atoms with Crippen LogP contribution < -0.4 is 5.32 Å². The number of benzene rings is 2. The molecule has 0 saturated carbocycles. The van der Waals surface area contributed by atoms with E-state index in [0.29, 0.717) is 11.0 Å². The molecule has 2 aromatic rings. The number of aryl methyl sites for hydroxylation is 2. The van der Waals surface area contributed by atoms with Gasteiger partial charge in [0.2, 0.25) is 5.91 Å². The second-order valence-electron chi connectivity index (χ2n) is 5.75. The molecular weight excluding hydrogens is 290 g/mol. The monoisotopic (exact) mass is 311 g/mol. The first kappa shape index (κ1) is 15.2. The van der Waals surface area contributed by atoms with Crippen molar-refractivity contribution >= 4 is 23.4 Å². The first-order chi connectivity index (χ1) is 10.7. The maximum Gasteiger partial charge on any atom is 0.234 e. The third-order valence-electron chi connectivity index (χ3n) is 4.12. The van der Waals surface area contributed by atoms with Crippen LogP contribution in [0.5, 0.6) is 0 Å². The molecule has 0 radical (unpaired) electrons. The number of hydrogen-bond donors (Lipinski definition) is 1. The minimum atomic E-state index is 0.0747. The first-order valence-corrected chi connectivity index (χ1v) is 8.85. The molecule has 1 N–H and O–H groups in total. The molecule has 0 heterocycles. The van der Waals surface area contributed by atoms with Crippen LogP contribution in [0.15, 0.2) is 48.5 Å². The first-order valence-electron chi connectivity index (χ1n) is 7.80. The van der Waals surface area contributed by atoms with Gasteiger partial charge in [0.25, 0.3) is 0 Å². The highest BCUT2D eigenvalue weighted by Gasteiger charge is 2.13. The van der Waals surface area contributed by atoms with E-state index in [1.807, 2.05) is 24.3 Å². The number of thioether (sulfide) groups is 1. The van der Waals surface area contributed by atoms with Crippen molar-refractivity contribution in [3.63, 3.8) is 0 Å². The molecule has 0 bridgehead atoms. The van der Waals surface area contributed by atoms with Crippen molar-refractivity contribution in [2.45, 2.75) is 31.4 Å². The van der Waals surface area contributed by atoms with E-state index in [9.17, 15) is 4.79 Å². The molecule has 1 amide bonds. The molecule has 0 saturated heterocycles. The predicted octanol–water partition coefficient (Wildman–Crippen LogP) is 4.61. The average molecular weight is 311 g/mol. The van der Waals surface area contributed by atoms with Gasteiger partial charge in [-0.25, -0.2) is 0 Å². The fourth-order valence-electron chi connectivity index (χ4n) is 2.87. The molecule has 0 fully saturated rings. The lowest BCUT2D eigenvalue weighted by Gasteiger charge is -2.12. The molecule has 0 aliphatic heterocycles. The molecular formula is C19H21NOS. The van der Waals surface area contributed by atoms with Crippen LogP contribution in [0, 0.1) is 0 Å². The quantitative estimate of drug-likeness (QED) is 0.873. The normalized spacial score (nSPS) is 14.4. The third-order valence-corrected chi connectivity index (χ3v) is 5.32. The minimum absolute atomic E-state index is 0.0747. The van der Waals surface area contributed by atoms with Gasteiger partial charge in [-0.3, -0.25) is 4.79 Å². The lowest BCUT2D eigenvalue weighted by Crippen LogP contribution is -2.14. The summed E-state index contributed by atoms with van der Waals surface area (Å²) in [6.07, 6.45) is 3.55. The van der Waals surface area contributed by atoms with E-state index < -0.39 is 0 Å². The van der Waals surface area contributed by atoms with Crippen molar-refractivity contribution < 1.29 is 4.79 Å². The van der Waals surface area contributed by atoms with E-state index in [4.69, 9.17) is 0 Å². The van der Waals surface area contributed by atoms with E-state index >= 15 is 0 Å². The zero-order chi connectivity index (χ0) is 15.4. The molecule has 22 heavy (non-hydrogen) atoms. The predicted molar refractivity (Wildman–Crippen MR) is 94.4 cm³/mol. The Morgan fingerprint density at radius 3 is 2.73 bits per heavy atom. The van der Waals surface area contributed by atoms with Gasteiger partial charge in [-0.2, -0.15) is 0 Å². The van der Waals surface area contributed by atoms with Gasteiger partial charge in [0.1, 0.15) is 0 Å². The van der Waals surface area contributed by atoms with Gasteiger partial charge in [0, 0.05) is 10.9 Å². The molecule has 2 aromatic carbocycles. The van der Waals surface area contributed by atoms with Crippen LogP contribution >= 0.6 is 11.8 Å². The summed E-state index contributed by atoms with van der Waals surface area (Å²) in [5.74, 6) is 0.554. The standard InChI is InChI=1S/C19H21NOS/c1-14(15-6-3-2-4-7-15)22-13-19(21)20-18-11-10-16-8-5-9-17(16)12-18/h2-4,6-7,10-12,14H,5,8-9,13H2,1H3,(H,20,21). The Labute approximate surface area is 136 Å².